The molecule has 9 heteroatoms. The summed E-state index contributed by atoms with van der Waals surface area (Å²) in [5.74, 6) is 1.31. The summed E-state index contributed by atoms with van der Waals surface area (Å²) in [6, 6.07) is 5.68. The van der Waals surface area contributed by atoms with E-state index in [9.17, 15) is 4.79 Å². The number of H-pyrrole nitrogens is 1. The highest BCUT2D eigenvalue weighted by Crippen LogP contribution is 2.20. The second-order valence-corrected chi connectivity index (χ2v) is 7.49. The van der Waals surface area contributed by atoms with Crippen molar-refractivity contribution in [3.63, 3.8) is 0 Å². The van der Waals surface area contributed by atoms with Crippen LogP contribution in [0, 0.1) is 0 Å². The van der Waals surface area contributed by atoms with Gasteiger partial charge in [-0.2, -0.15) is 0 Å². The van der Waals surface area contributed by atoms with Crippen LogP contribution < -0.4 is 10.5 Å². The molecule has 0 aromatic carbocycles. The fraction of sp³-hybridized carbons (Fsp3) is 0.381. The SMILES string of the molecule is O=c1[nH]c(-c2cccnc2)nc2c1CCN(Cc1ccnc(N3CCOCC3)n1)C2. The number of nitrogens with one attached hydrogen (secondary N) is 1. The molecule has 0 bridgehead atoms. The Hall–Kier alpha value is -3.17. The van der Waals surface area contributed by atoms with E-state index in [0.29, 0.717) is 38.5 Å². The van der Waals surface area contributed by atoms with Crippen LogP contribution in [-0.4, -0.2) is 62.7 Å². The van der Waals surface area contributed by atoms with Crippen molar-refractivity contribution in [3.8, 4) is 11.4 Å². The standard InChI is InChI=1S/C21H23N7O2/c29-20-17-4-7-27(14-18(17)25-19(26-20)15-2-1-5-22-12-15)13-16-3-6-23-21(24-16)28-8-10-30-11-9-28/h1-3,5-6,12H,4,7-11,13-14H2,(H,25,26,29). The molecule has 0 amide bonds. The van der Waals surface area contributed by atoms with Gasteiger partial charge >= 0.3 is 0 Å². The molecule has 154 valence electrons. The lowest BCUT2D eigenvalue weighted by Gasteiger charge is -2.29. The van der Waals surface area contributed by atoms with Crippen LogP contribution in [0.5, 0.6) is 0 Å². The molecular weight excluding hydrogens is 382 g/mol. The number of ether oxygens (including phenoxy) is 1. The van der Waals surface area contributed by atoms with Gasteiger partial charge in [0.15, 0.2) is 0 Å². The van der Waals surface area contributed by atoms with Crippen molar-refractivity contribution < 1.29 is 4.74 Å². The molecule has 9 nitrogen and oxygen atoms in total. The minimum atomic E-state index is -0.0601. The van der Waals surface area contributed by atoms with Crippen molar-refractivity contribution in [1.29, 1.82) is 0 Å². The number of pyridine rings is 1. The number of nitrogens with zero attached hydrogens (tertiary/aromatic N) is 6. The Balaban J connectivity index is 1.34. The van der Waals surface area contributed by atoms with Crippen LogP contribution in [0.2, 0.25) is 0 Å². The normalized spacial score (nSPS) is 17.0. The molecule has 0 unspecified atom stereocenters. The van der Waals surface area contributed by atoms with Crippen molar-refractivity contribution in [3.05, 3.63) is 64.1 Å². The molecule has 3 aromatic rings. The van der Waals surface area contributed by atoms with Crippen LogP contribution in [0.3, 0.4) is 0 Å². The predicted octanol–water partition coefficient (Wildman–Crippen LogP) is 1.02. The zero-order valence-corrected chi connectivity index (χ0v) is 16.6. The van der Waals surface area contributed by atoms with E-state index in [0.717, 1.165) is 48.1 Å². The minimum Gasteiger partial charge on any atom is -0.378 e. The van der Waals surface area contributed by atoms with Gasteiger partial charge in [-0.25, -0.2) is 15.0 Å². The fourth-order valence-electron chi connectivity index (χ4n) is 3.89. The smallest absolute Gasteiger partial charge is 0.254 e. The van der Waals surface area contributed by atoms with Gasteiger partial charge in [-0.05, 0) is 24.6 Å². The zero-order valence-electron chi connectivity index (χ0n) is 16.6. The molecule has 0 aliphatic carbocycles. The first-order valence-electron chi connectivity index (χ1n) is 10.2. The Labute approximate surface area is 173 Å². The molecule has 5 heterocycles. The average Bonchev–Trinajstić information content (AvgIpc) is 2.80. The van der Waals surface area contributed by atoms with Crippen LogP contribution >= 0.6 is 0 Å². The lowest BCUT2D eigenvalue weighted by molar-refractivity contribution is 0.122. The number of hydrogen-bond donors (Lipinski definition) is 1. The van der Waals surface area contributed by atoms with Gasteiger partial charge in [0, 0.05) is 62.4 Å². The van der Waals surface area contributed by atoms with E-state index < -0.39 is 0 Å². The Morgan fingerprint density at radius 2 is 2.00 bits per heavy atom. The number of anilines is 1. The van der Waals surface area contributed by atoms with Gasteiger partial charge in [-0.15, -0.1) is 0 Å². The monoisotopic (exact) mass is 405 g/mol. The molecule has 2 aliphatic heterocycles. The summed E-state index contributed by atoms with van der Waals surface area (Å²) in [4.78, 5) is 37.9. The fourth-order valence-corrected chi connectivity index (χ4v) is 3.89. The van der Waals surface area contributed by atoms with E-state index >= 15 is 0 Å². The van der Waals surface area contributed by atoms with E-state index in [1.54, 1.807) is 12.4 Å². The lowest BCUT2D eigenvalue weighted by Crippen LogP contribution is -2.38. The summed E-state index contributed by atoms with van der Waals surface area (Å²) < 4.78 is 5.41. The highest BCUT2D eigenvalue weighted by Gasteiger charge is 2.22. The van der Waals surface area contributed by atoms with Gasteiger partial charge in [0.05, 0.1) is 24.6 Å². The predicted molar refractivity (Wildman–Crippen MR) is 111 cm³/mol. The van der Waals surface area contributed by atoms with Crippen LogP contribution in [0.15, 0.2) is 41.6 Å². The van der Waals surface area contributed by atoms with Crippen molar-refractivity contribution in [2.45, 2.75) is 19.5 Å². The van der Waals surface area contributed by atoms with E-state index in [-0.39, 0.29) is 5.56 Å². The van der Waals surface area contributed by atoms with Crippen LogP contribution in [0.1, 0.15) is 17.0 Å². The summed E-state index contributed by atoms with van der Waals surface area (Å²) in [6.45, 7) is 5.13. The first-order valence-corrected chi connectivity index (χ1v) is 10.2. The number of hydrogen-bond acceptors (Lipinski definition) is 8. The molecule has 0 atom stereocenters. The first kappa shape index (κ1) is 18.8. The second-order valence-electron chi connectivity index (χ2n) is 7.49. The number of aromatic nitrogens is 5. The summed E-state index contributed by atoms with van der Waals surface area (Å²) in [7, 11) is 0. The zero-order chi connectivity index (χ0) is 20.3. The van der Waals surface area contributed by atoms with E-state index in [1.165, 1.54) is 0 Å². The Morgan fingerprint density at radius 1 is 1.10 bits per heavy atom. The molecule has 0 radical (unpaired) electrons. The molecule has 30 heavy (non-hydrogen) atoms. The quantitative estimate of drug-likeness (QED) is 0.687. The molecule has 1 N–H and O–H groups in total. The third-order valence-electron chi connectivity index (χ3n) is 5.47. The Bertz CT molecular complexity index is 1080. The molecule has 0 spiro atoms. The third-order valence-corrected chi connectivity index (χ3v) is 5.47. The van der Waals surface area contributed by atoms with Gasteiger partial charge in [-0.3, -0.25) is 14.7 Å². The van der Waals surface area contributed by atoms with Crippen molar-refractivity contribution in [2.75, 3.05) is 37.7 Å². The van der Waals surface area contributed by atoms with Gasteiger partial charge in [0.25, 0.3) is 5.56 Å². The maximum atomic E-state index is 12.6. The van der Waals surface area contributed by atoms with Crippen LogP contribution in [-0.2, 0) is 24.2 Å². The van der Waals surface area contributed by atoms with Crippen LogP contribution in [0.25, 0.3) is 11.4 Å². The Morgan fingerprint density at radius 3 is 2.83 bits per heavy atom. The van der Waals surface area contributed by atoms with E-state index in [4.69, 9.17) is 14.7 Å². The highest BCUT2D eigenvalue weighted by molar-refractivity contribution is 5.53. The van der Waals surface area contributed by atoms with Gasteiger partial charge in [-0.1, -0.05) is 0 Å². The maximum Gasteiger partial charge on any atom is 0.254 e. The van der Waals surface area contributed by atoms with Crippen molar-refractivity contribution in [1.82, 2.24) is 29.8 Å². The van der Waals surface area contributed by atoms with Crippen molar-refractivity contribution in [2.24, 2.45) is 0 Å². The molecule has 5 rings (SSSR count). The van der Waals surface area contributed by atoms with Gasteiger partial charge in [0.1, 0.15) is 5.82 Å². The average molecular weight is 405 g/mol. The molecule has 1 saturated heterocycles. The molecular formula is C21H23N7O2. The molecule has 0 saturated carbocycles. The topological polar surface area (TPSA) is 100 Å². The molecule has 3 aromatic heterocycles. The van der Waals surface area contributed by atoms with Crippen molar-refractivity contribution >= 4 is 5.95 Å². The summed E-state index contributed by atoms with van der Waals surface area (Å²) in [5, 5.41) is 0. The second kappa shape index (κ2) is 8.29. The lowest BCUT2D eigenvalue weighted by atomic mass is 10.1. The number of morpholine rings is 1. The Kier molecular flexibility index (Phi) is 5.20. The summed E-state index contributed by atoms with van der Waals surface area (Å²) >= 11 is 0. The molecule has 1 fully saturated rings. The minimum absolute atomic E-state index is 0.0601. The number of rotatable bonds is 4. The van der Waals surface area contributed by atoms with Crippen LogP contribution in [0.4, 0.5) is 5.95 Å². The number of fused-ring (bicyclic) bond motifs is 1. The highest BCUT2D eigenvalue weighted by atomic mass is 16.5. The largest absolute Gasteiger partial charge is 0.378 e. The summed E-state index contributed by atoms with van der Waals surface area (Å²) in [6.07, 6.45) is 5.90. The molecule has 2 aliphatic rings. The van der Waals surface area contributed by atoms with E-state index in [2.05, 4.69) is 24.8 Å². The number of aromatic amines is 1. The maximum absolute atomic E-state index is 12.6. The van der Waals surface area contributed by atoms with E-state index in [1.807, 2.05) is 24.4 Å². The van der Waals surface area contributed by atoms with Gasteiger partial charge in [0.2, 0.25) is 5.95 Å². The van der Waals surface area contributed by atoms with Gasteiger partial charge < -0.3 is 14.6 Å². The first-order chi connectivity index (χ1) is 14.8. The summed E-state index contributed by atoms with van der Waals surface area (Å²) in [5.41, 5.74) is 3.31. The third kappa shape index (κ3) is 3.94.